The lowest BCUT2D eigenvalue weighted by Crippen LogP contribution is -2.17. The Balaban J connectivity index is 2.45. The molecule has 2 atom stereocenters. The normalized spacial score (nSPS) is 34.8. The van der Waals surface area contributed by atoms with Crippen molar-refractivity contribution in [2.75, 3.05) is 0 Å². The molecule has 0 saturated heterocycles. The van der Waals surface area contributed by atoms with Crippen LogP contribution in [0.1, 0.15) is 47.0 Å². The van der Waals surface area contributed by atoms with Crippen molar-refractivity contribution < 1.29 is 0 Å². The van der Waals surface area contributed by atoms with E-state index in [-0.39, 0.29) is 0 Å². The summed E-state index contributed by atoms with van der Waals surface area (Å²) in [5.74, 6) is 1.98. The van der Waals surface area contributed by atoms with Crippen LogP contribution < -0.4 is 0 Å². The number of hydrogen-bond donors (Lipinski definition) is 0. The molecule has 1 aliphatic rings. The molecule has 0 aromatic rings. The first-order valence-electron chi connectivity index (χ1n) is 4.50. The van der Waals surface area contributed by atoms with E-state index >= 15 is 0 Å². The second-order valence-electron chi connectivity index (χ2n) is 4.98. The van der Waals surface area contributed by atoms with Crippen LogP contribution in [-0.2, 0) is 0 Å². The first kappa shape index (κ1) is 8.10. The lowest BCUT2D eigenvalue weighted by atomic mass is 9.79. The van der Waals surface area contributed by atoms with Gasteiger partial charge in [-0.2, -0.15) is 0 Å². The van der Waals surface area contributed by atoms with Gasteiger partial charge in [0.2, 0.25) is 0 Å². The quantitative estimate of drug-likeness (QED) is 0.483. The monoisotopic (exact) mass is 140 g/mol. The van der Waals surface area contributed by atoms with Crippen LogP contribution in [-0.4, -0.2) is 0 Å². The predicted molar refractivity (Wildman–Crippen MR) is 46.0 cm³/mol. The zero-order chi connectivity index (χ0) is 7.78. The van der Waals surface area contributed by atoms with Crippen LogP contribution >= 0.6 is 0 Å². The molecule has 1 aliphatic carbocycles. The van der Waals surface area contributed by atoms with Gasteiger partial charge in [-0.3, -0.25) is 0 Å². The molecule has 0 heterocycles. The molecule has 0 radical (unpaired) electrons. The molecule has 0 unspecified atom stereocenters. The third kappa shape index (κ3) is 1.74. The summed E-state index contributed by atoms with van der Waals surface area (Å²) < 4.78 is 0. The van der Waals surface area contributed by atoms with Gasteiger partial charge in [0.1, 0.15) is 0 Å². The van der Waals surface area contributed by atoms with Crippen LogP contribution in [0.15, 0.2) is 0 Å². The first-order chi connectivity index (χ1) is 4.50. The summed E-state index contributed by atoms with van der Waals surface area (Å²) in [5.41, 5.74) is 0.560. The molecule has 1 fully saturated rings. The van der Waals surface area contributed by atoms with Crippen molar-refractivity contribution >= 4 is 0 Å². The van der Waals surface area contributed by atoms with E-state index in [1.54, 1.807) is 0 Å². The highest BCUT2D eigenvalue weighted by Gasteiger charge is 2.30. The van der Waals surface area contributed by atoms with Gasteiger partial charge in [-0.15, -0.1) is 0 Å². The Morgan fingerprint density at radius 3 is 1.90 bits per heavy atom. The Morgan fingerprint density at radius 1 is 1.10 bits per heavy atom. The topological polar surface area (TPSA) is 0 Å². The van der Waals surface area contributed by atoms with E-state index in [1.165, 1.54) is 19.3 Å². The minimum atomic E-state index is 0.560. The fourth-order valence-corrected chi connectivity index (χ4v) is 1.99. The Kier molecular flexibility index (Phi) is 2.07. The van der Waals surface area contributed by atoms with E-state index in [9.17, 15) is 0 Å². The van der Waals surface area contributed by atoms with Crippen LogP contribution in [0.3, 0.4) is 0 Å². The average Bonchev–Trinajstić information content (AvgIpc) is 2.11. The molecular weight excluding hydrogens is 120 g/mol. The third-order valence-electron chi connectivity index (χ3n) is 2.92. The van der Waals surface area contributed by atoms with Crippen molar-refractivity contribution in [1.29, 1.82) is 0 Å². The van der Waals surface area contributed by atoms with Gasteiger partial charge in [-0.1, -0.05) is 34.1 Å². The van der Waals surface area contributed by atoms with Crippen LogP contribution in [0, 0.1) is 17.3 Å². The fourth-order valence-electron chi connectivity index (χ4n) is 1.99. The zero-order valence-corrected chi connectivity index (χ0v) is 7.78. The van der Waals surface area contributed by atoms with Crippen LogP contribution in [0.5, 0.6) is 0 Å². The Labute approximate surface area is 65.0 Å². The minimum Gasteiger partial charge on any atom is -0.0625 e. The second-order valence-corrected chi connectivity index (χ2v) is 4.98. The lowest BCUT2D eigenvalue weighted by Gasteiger charge is -2.26. The van der Waals surface area contributed by atoms with E-state index in [0.717, 1.165) is 11.8 Å². The van der Waals surface area contributed by atoms with Gasteiger partial charge in [0.05, 0.1) is 0 Å². The molecule has 1 rings (SSSR count). The first-order valence-corrected chi connectivity index (χ1v) is 4.50. The summed E-state index contributed by atoms with van der Waals surface area (Å²) in [6.45, 7) is 9.49. The van der Waals surface area contributed by atoms with Crippen molar-refractivity contribution in [2.45, 2.75) is 47.0 Å². The number of hydrogen-bond acceptors (Lipinski definition) is 0. The summed E-state index contributed by atoms with van der Waals surface area (Å²) in [5, 5.41) is 0. The average molecular weight is 140 g/mol. The fraction of sp³-hybridized carbons (Fsp3) is 1.00. The summed E-state index contributed by atoms with van der Waals surface area (Å²) in [4.78, 5) is 0. The largest absolute Gasteiger partial charge is 0.0625 e. The van der Waals surface area contributed by atoms with Crippen LogP contribution in [0.25, 0.3) is 0 Å². The Bertz CT molecular complexity index is 108. The maximum Gasteiger partial charge on any atom is -0.0354 e. The molecule has 0 heteroatoms. The highest BCUT2D eigenvalue weighted by Crippen LogP contribution is 2.41. The molecule has 10 heavy (non-hydrogen) atoms. The molecule has 0 bridgehead atoms. The Hall–Kier alpha value is 0. The Morgan fingerprint density at radius 2 is 1.70 bits per heavy atom. The molecule has 0 amide bonds. The summed E-state index contributed by atoms with van der Waals surface area (Å²) >= 11 is 0. The van der Waals surface area contributed by atoms with Gasteiger partial charge < -0.3 is 0 Å². The van der Waals surface area contributed by atoms with E-state index in [2.05, 4.69) is 27.7 Å². The van der Waals surface area contributed by atoms with Crippen molar-refractivity contribution in [3.63, 3.8) is 0 Å². The van der Waals surface area contributed by atoms with Gasteiger partial charge in [0.15, 0.2) is 0 Å². The lowest BCUT2D eigenvalue weighted by molar-refractivity contribution is 0.240. The third-order valence-corrected chi connectivity index (χ3v) is 2.92. The standard InChI is InChI=1S/C10H20/c1-8-5-6-9(7-8)10(2,3)4/h8-9H,5-7H2,1-4H3/t8-,9+/m0/s1. The molecule has 0 nitrogen and oxygen atoms in total. The van der Waals surface area contributed by atoms with E-state index < -0.39 is 0 Å². The van der Waals surface area contributed by atoms with Crippen molar-refractivity contribution in [3.05, 3.63) is 0 Å². The number of rotatable bonds is 0. The van der Waals surface area contributed by atoms with E-state index in [4.69, 9.17) is 0 Å². The summed E-state index contributed by atoms with van der Waals surface area (Å²) in [7, 11) is 0. The second kappa shape index (κ2) is 2.56. The van der Waals surface area contributed by atoms with Crippen molar-refractivity contribution in [3.8, 4) is 0 Å². The molecular formula is C10H20. The molecule has 0 aliphatic heterocycles. The van der Waals surface area contributed by atoms with Crippen molar-refractivity contribution in [2.24, 2.45) is 17.3 Å². The van der Waals surface area contributed by atoms with Gasteiger partial charge in [0, 0.05) is 0 Å². The van der Waals surface area contributed by atoms with E-state index in [0.29, 0.717) is 5.41 Å². The van der Waals surface area contributed by atoms with Crippen LogP contribution in [0.4, 0.5) is 0 Å². The van der Waals surface area contributed by atoms with Gasteiger partial charge in [0.25, 0.3) is 0 Å². The minimum absolute atomic E-state index is 0.560. The van der Waals surface area contributed by atoms with E-state index in [1.807, 2.05) is 0 Å². The predicted octanol–water partition coefficient (Wildman–Crippen LogP) is 3.47. The molecule has 1 saturated carbocycles. The smallest absolute Gasteiger partial charge is 0.0354 e. The molecule has 0 aromatic carbocycles. The van der Waals surface area contributed by atoms with Gasteiger partial charge >= 0.3 is 0 Å². The van der Waals surface area contributed by atoms with Crippen LogP contribution in [0.2, 0.25) is 0 Å². The highest BCUT2D eigenvalue weighted by molar-refractivity contribution is 4.81. The van der Waals surface area contributed by atoms with Crippen molar-refractivity contribution in [1.82, 2.24) is 0 Å². The molecule has 0 spiro atoms. The molecule has 0 N–H and O–H groups in total. The maximum atomic E-state index is 2.38. The van der Waals surface area contributed by atoms with Gasteiger partial charge in [-0.05, 0) is 30.1 Å². The van der Waals surface area contributed by atoms with Gasteiger partial charge in [-0.25, -0.2) is 0 Å². The molecule has 0 aromatic heterocycles. The summed E-state index contributed by atoms with van der Waals surface area (Å²) in [6.07, 6.45) is 4.39. The molecule has 60 valence electrons. The highest BCUT2D eigenvalue weighted by atomic mass is 14.4. The zero-order valence-electron chi connectivity index (χ0n) is 7.78. The maximum absolute atomic E-state index is 2.38. The SMILES string of the molecule is C[C@H]1CC[C@@H](C(C)(C)C)C1. The summed E-state index contributed by atoms with van der Waals surface area (Å²) in [6, 6.07) is 0.